The van der Waals surface area contributed by atoms with Crippen LogP contribution >= 0.6 is 0 Å². The zero-order valence-electron chi connectivity index (χ0n) is 17.6. The SMILES string of the molecule is CCN(c1ccc(/C(=N/OC(C)=O)c2ccccc2C)cc1)c1ccc([N+](=O)[O-])cc1. The first-order chi connectivity index (χ1) is 14.9. The summed E-state index contributed by atoms with van der Waals surface area (Å²) in [6.45, 7) is 5.98. The predicted octanol–water partition coefficient (Wildman–Crippen LogP) is 5.38. The molecule has 0 aliphatic rings. The maximum absolute atomic E-state index is 11.3. The summed E-state index contributed by atoms with van der Waals surface area (Å²) in [5.74, 6) is -0.488. The van der Waals surface area contributed by atoms with Gasteiger partial charge in [-0.3, -0.25) is 10.1 Å². The van der Waals surface area contributed by atoms with E-state index < -0.39 is 10.9 Å². The molecule has 0 unspecified atom stereocenters. The Balaban J connectivity index is 1.95. The monoisotopic (exact) mass is 417 g/mol. The minimum atomic E-state index is -0.488. The zero-order valence-corrected chi connectivity index (χ0v) is 17.6. The van der Waals surface area contributed by atoms with E-state index in [0.717, 1.165) is 28.1 Å². The number of oxime groups is 1. The standard InChI is InChI=1S/C24H23N3O4/c1-4-26(21-13-15-22(16-14-21)27(29)30)20-11-9-19(10-12-20)24(25-31-18(3)28)23-8-6-5-7-17(23)2/h5-16H,4H2,1-3H3/b25-24-. The molecule has 0 spiro atoms. The van der Waals surface area contributed by atoms with Crippen LogP contribution < -0.4 is 4.90 Å². The predicted molar refractivity (Wildman–Crippen MR) is 121 cm³/mol. The Bertz CT molecular complexity index is 1110. The Hall–Kier alpha value is -4.00. The second-order valence-corrected chi connectivity index (χ2v) is 6.90. The Morgan fingerprint density at radius 2 is 1.58 bits per heavy atom. The smallest absolute Gasteiger partial charge is 0.332 e. The van der Waals surface area contributed by atoms with Crippen LogP contribution in [0.25, 0.3) is 0 Å². The van der Waals surface area contributed by atoms with Crippen LogP contribution in [0.1, 0.15) is 30.5 Å². The molecule has 0 saturated heterocycles. The fourth-order valence-electron chi connectivity index (χ4n) is 3.27. The highest BCUT2D eigenvalue weighted by atomic mass is 16.7. The molecule has 3 aromatic carbocycles. The Morgan fingerprint density at radius 3 is 2.10 bits per heavy atom. The van der Waals surface area contributed by atoms with E-state index in [4.69, 9.17) is 4.84 Å². The van der Waals surface area contributed by atoms with E-state index >= 15 is 0 Å². The number of aryl methyl sites for hydroxylation is 1. The van der Waals surface area contributed by atoms with Crippen molar-refractivity contribution < 1.29 is 14.6 Å². The maximum Gasteiger partial charge on any atom is 0.332 e. The highest BCUT2D eigenvalue weighted by Gasteiger charge is 2.14. The molecule has 158 valence electrons. The molecule has 0 aromatic heterocycles. The van der Waals surface area contributed by atoms with Crippen LogP contribution in [0, 0.1) is 17.0 Å². The summed E-state index contributed by atoms with van der Waals surface area (Å²) in [5.41, 5.74) is 5.10. The van der Waals surface area contributed by atoms with E-state index in [1.165, 1.54) is 19.1 Å². The molecule has 0 aliphatic heterocycles. The molecular weight excluding hydrogens is 394 g/mol. The number of benzene rings is 3. The number of anilines is 2. The summed E-state index contributed by atoms with van der Waals surface area (Å²) in [6.07, 6.45) is 0. The largest absolute Gasteiger partial charge is 0.342 e. The van der Waals surface area contributed by atoms with Crippen LogP contribution in [0.3, 0.4) is 0 Å². The molecular formula is C24H23N3O4. The molecule has 0 fully saturated rings. The van der Waals surface area contributed by atoms with Crippen molar-refractivity contribution in [2.24, 2.45) is 5.16 Å². The molecule has 0 atom stereocenters. The fraction of sp³-hybridized carbons (Fsp3) is 0.167. The van der Waals surface area contributed by atoms with Gasteiger partial charge in [0.2, 0.25) is 0 Å². The number of carbonyl (C=O) groups is 1. The topological polar surface area (TPSA) is 85.0 Å². The Labute approximate surface area is 180 Å². The third kappa shape index (κ3) is 5.14. The molecule has 0 heterocycles. The number of nitro groups is 1. The van der Waals surface area contributed by atoms with Crippen molar-refractivity contribution in [3.8, 4) is 0 Å². The van der Waals surface area contributed by atoms with Crippen LogP contribution in [-0.4, -0.2) is 23.1 Å². The summed E-state index contributed by atoms with van der Waals surface area (Å²) >= 11 is 0. The third-order valence-electron chi connectivity index (χ3n) is 4.81. The van der Waals surface area contributed by atoms with E-state index in [2.05, 4.69) is 5.16 Å². The van der Waals surface area contributed by atoms with Gasteiger partial charge in [-0.2, -0.15) is 0 Å². The van der Waals surface area contributed by atoms with Crippen molar-refractivity contribution in [3.05, 3.63) is 99.6 Å². The summed E-state index contributed by atoms with van der Waals surface area (Å²) in [4.78, 5) is 28.8. The Kier molecular flexibility index (Phi) is 6.77. The molecule has 0 amide bonds. The van der Waals surface area contributed by atoms with Gasteiger partial charge in [-0.15, -0.1) is 0 Å². The summed E-state index contributed by atoms with van der Waals surface area (Å²) < 4.78 is 0. The molecule has 3 aromatic rings. The van der Waals surface area contributed by atoms with Crippen molar-refractivity contribution in [1.29, 1.82) is 0 Å². The first kappa shape index (κ1) is 21.7. The maximum atomic E-state index is 11.3. The first-order valence-electron chi connectivity index (χ1n) is 9.84. The number of rotatable bonds is 7. The lowest BCUT2D eigenvalue weighted by molar-refractivity contribution is -0.384. The number of hydrogen-bond donors (Lipinski definition) is 0. The van der Waals surface area contributed by atoms with Crippen LogP contribution in [0.15, 0.2) is 78.0 Å². The average Bonchev–Trinajstić information content (AvgIpc) is 2.76. The molecule has 0 aliphatic carbocycles. The van der Waals surface area contributed by atoms with Gasteiger partial charge in [0.25, 0.3) is 5.69 Å². The van der Waals surface area contributed by atoms with Crippen molar-refractivity contribution in [2.45, 2.75) is 20.8 Å². The zero-order chi connectivity index (χ0) is 22.4. The van der Waals surface area contributed by atoms with Gasteiger partial charge >= 0.3 is 5.97 Å². The van der Waals surface area contributed by atoms with Gasteiger partial charge in [-0.1, -0.05) is 41.6 Å². The lowest BCUT2D eigenvalue weighted by Gasteiger charge is -2.23. The third-order valence-corrected chi connectivity index (χ3v) is 4.81. The minimum Gasteiger partial charge on any atom is -0.342 e. The minimum absolute atomic E-state index is 0.0553. The normalized spacial score (nSPS) is 11.1. The van der Waals surface area contributed by atoms with Crippen molar-refractivity contribution >= 4 is 28.7 Å². The van der Waals surface area contributed by atoms with Gasteiger partial charge in [-0.05, 0) is 43.7 Å². The number of carbonyl (C=O) groups excluding carboxylic acids is 1. The molecule has 7 nitrogen and oxygen atoms in total. The number of hydrogen-bond acceptors (Lipinski definition) is 6. The molecule has 0 radical (unpaired) electrons. The van der Waals surface area contributed by atoms with Crippen LogP contribution in [-0.2, 0) is 9.63 Å². The average molecular weight is 417 g/mol. The lowest BCUT2D eigenvalue weighted by atomic mass is 9.98. The highest BCUT2D eigenvalue weighted by molar-refractivity contribution is 6.13. The fourth-order valence-corrected chi connectivity index (χ4v) is 3.27. The van der Waals surface area contributed by atoms with Gasteiger partial charge in [0.1, 0.15) is 5.71 Å². The molecule has 0 bridgehead atoms. The van der Waals surface area contributed by atoms with E-state index in [9.17, 15) is 14.9 Å². The summed E-state index contributed by atoms with van der Waals surface area (Å²) in [5, 5.41) is 15.0. The van der Waals surface area contributed by atoms with Crippen LogP contribution in [0.4, 0.5) is 17.1 Å². The van der Waals surface area contributed by atoms with E-state index in [-0.39, 0.29) is 5.69 Å². The van der Waals surface area contributed by atoms with E-state index in [1.807, 2.05) is 67.3 Å². The Morgan fingerprint density at radius 1 is 1.00 bits per heavy atom. The van der Waals surface area contributed by atoms with E-state index in [1.54, 1.807) is 12.1 Å². The van der Waals surface area contributed by atoms with Gasteiger partial charge < -0.3 is 9.74 Å². The molecule has 0 saturated carbocycles. The van der Waals surface area contributed by atoms with Gasteiger partial charge in [-0.25, -0.2) is 4.79 Å². The van der Waals surface area contributed by atoms with Crippen LogP contribution in [0.5, 0.6) is 0 Å². The number of nitro benzene ring substituents is 1. The van der Waals surface area contributed by atoms with Crippen molar-refractivity contribution in [3.63, 3.8) is 0 Å². The van der Waals surface area contributed by atoms with Crippen molar-refractivity contribution in [2.75, 3.05) is 11.4 Å². The van der Waals surface area contributed by atoms with Gasteiger partial charge in [0, 0.05) is 48.1 Å². The molecule has 7 heteroatoms. The van der Waals surface area contributed by atoms with Crippen molar-refractivity contribution in [1.82, 2.24) is 0 Å². The highest BCUT2D eigenvalue weighted by Crippen LogP contribution is 2.28. The molecule has 31 heavy (non-hydrogen) atoms. The van der Waals surface area contributed by atoms with Gasteiger partial charge in [0.15, 0.2) is 0 Å². The molecule has 0 N–H and O–H groups in total. The second kappa shape index (κ2) is 9.67. The first-order valence-corrected chi connectivity index (χ1v) is 9.84. The second-order valence-electron chi connectivity index (χ2n) is 6.90. The number of nitrogens with zero attached hydrogens (tertiary/aromatic N) is 3. The molecule has 3 rings (SSSR count). The quantitative estimate of drug-likeness (QED) is 0.223. The lowest BCUT2D eigenvalue weighted by Crippen LogP contribution is -2.16. The summed E-state index contributed by atoms with van der Waals surface area (Å²) in [6, 6.07) is 21.9. The summed E-state index contributed by atoms with van der Waals surface area (Å²) in [7, 11) is 0. The van der Waals surface area contributed by atoms with E-state index in [0.29, 0.717) is 12.3 Å². The number of non-ortho nitro benzene ring substituents is 1. The van der Waals surface area contributed by atoms with Crippen LogP contribution in [0.2, 0.25) is 0 Å². The van der Waals surface area contributed by atoms with Gasteiger partial charge in [0.05, 0.1) is 4.92 Å².